The molecule has 1 aliphatic heterocycles. The first kappa shape index (κ1) is 16.5. The number of fused-ring (bicyclic) bond motifs is 1. The molecule has 6 heteroatoms. The number of piperidine rings is 1. The molecular formula is C18H24N4O2. The monoisotopic (exact) mass is 328 g/mol. The third-order valence-electron chi connectivity index (χ3n) is 4.89. The van der Waals surface area contributed by atoms with Crippen LogP contribution in [0.1, 0.15) is 31.2 Å². The van der Waals surface area contributed by atoms with Crippen molar-refractivity contribution in [3.63, 3.8) is 0 Å². The molecule has 0 radical (unpaired) electrons. The van der Waals surface area contributed by atoms with Crippen LogP contribution in [0.4, 0.5) is 0 Å². The Morgan fingerprint density at radius 1 is 1.42 bits per heavy atom. The van der Waals surface area contributed by atoms with Crippen LogP contribution in [0.3, 0.4) is 0 Å². The lowest BCUT2D eigenvalue weighted by Gasteiger charge is -2.31. The molecule has 2 heterocycles. The normalized spacial score (nSPS) is 18.2. The number of benzene rings is 1. The summed E-state index contributed by atoms with van der Waals surface area (Å²) >= 11 is 0. The van der Waals surface area contributed by atoms with Crippen molar-refractivity contribution in [3.8, 4) is 0 Å². The first-order valence-electron chi connectivity index (χ1n) is 8.47. The van der Waals surface area contributed by atoms with Gasteiger partial charge < -0.3 is 14.8 Å². The highest BCUT2D eigenvalue weighted by Gasteiger charge is 2.29. The highest BCUT2D eigenvalue weighted by Crippen LogP contribution is 2.19. The maximum Gasteiger partial charge on any atom is 0.225 e. The van der Waals surface area contributed by atoms with Crippen molar-refractivity contribution in [2.45, 2.75) is 33.2 Å². The van der Waals surface area contributed by atoms with Crippen molar-refractivity contribution in [2.75, 3.05) is 13.1 Å². The number of amides is 2. The lowest BCUT2D eigenvalue weighted by atomic mass is 9.96. The summed E-state index contributed by atoms with van der Waals surface area (Å²) in [4.78, 5) is 30.4. The molecule has 1 aliphatic rings. The number of carbonyl (C=O) groups is 2. The summed E-state index contributed by atoms with van der Waals surface area (Å²) in [7, 11) is 2.00. The average molecular weight is 328 g/mol. The first-order valence-corrected chi connectivity index (χ1v) is 8.47. The zero-order chi connectivity index (χ0) is 17.3. The number of carbonyl (C=O) groups excluding carboxylic acids is 2. The molecule has 1 fully saturated rings. The minimum Gasteiger partial charge on any atom is -0.352 e. The zero-order valence-electron chi connectivity index (χ0n) is 14.5. The van der Waals surface area contributed by atoms with Gasteiger partial charge in [0.05, 0.1) is 17.0 Å². The van der Waals surface area contributed by atoms with Gasteiger partial charge in [-0.15, -0.1) is 0 Å². The van der Waals surface area contributed by atoms with Crippen molar-refractivity contribution in [3.05, 3.63) is 29.6 Å². The molecule has 2 amide bonds. The fourth-order valence-corrected chi connectivity index (χ4v) is 3.24. The van der Waals surface area contributed by atoms with E-state index >= 15 is 0 Å². The Labute approximate surface area is 141 Å². The summed E-state index contributed by atoms with van der Waals surface area (Å²) < 4.78 is 2.05. The van der Waals surface area contributed by atoms with E-state index < -0.39 is 0 Å². The lowest BCUT2D eigenvalue weighted by Crippen LogP contribution is -2.45. The second-order valence-corrected chi connectivity index (χ2v) is 6.43. The fraction of sp³-hybridized carbons (Fsp3) is 0.500. The largest absolute Gasteiger partial charge is 0.352 e. The van der Waals surface area contributed by atoms with Gasteiger partial charge in [-0.05, 0) is 38.0 Å². The van der Waals surface area contributed by atoms with E-state index in [1.54, 1.807) is 4.90 Å². The van der Waals surface area contributed by atoms with Gasteiger partial charge in [0.25, 0.3) is 0 Å². The van der Waals surface area contributed by atoms with Crippen molar-refractivity contribution < 1.29 is 9.59 Å². The highest BCUT2D eigenvalue weighted by atomic mass is 16.2. The molecule has 0 saturated carbocycles. The summed E-state index contributed by atoms with van der Waals surface area (Å²) in [5.74, 6) is 1.04. The van der Waals surface area contributed by atoms with E-state index in [-0.39, 0.29) is 17.7 Å². The van der Waals surface area contributed by atoms with Crippen LogP contribution < -0.4 is 5.32 Å². The van der Waals surface area contributed by atoms with Crippen LogP contribution in [-0.2, 0) is 23.2 Å². The van der Waals surface area contributed by atoms with Crippen LogP contribution in [0.5, 0.6) is 0 Å². The van der Waals surface area contributed by atoms with Gasteiger partial charge >= 0.3 is 0 Å². The van der Waals surface area contributed by atoms with Gasteiger partial charge in [0.15, 0.2) is 0 Å². The van der Waals surface area contributed by atoms with E-state index in [1.807, 2.05) is 39.1 Å². The van der Waals surface area contributed by atoms with Crippen LogP contribution in [-0.4, -0.2) is 39.4 Å². The average Bonchev–Trinajstić information content (AvgIpc) is 2.87. The SMILES string of the molecule is CCN1C[C@H](C(=O)NCc2ccc3c(c2)nc(C)n3C)CCC1=O. The molecule has 1 N–H and O–H groups in total. The Morgan fingerprint density at radius 3 is 2.96 bits per heavy atom. The number of nitrogens with zero attached hydrogens (tertiary/aromatic N) is 3. The van der Waals surface area contributed by atoms with Crippen molar-refractivity contribution in [1.29, 1.82) is 0 Å². The van der Waals surface area contributed by atoms with Gasteiger partial charge in [0.1, 0.15) is 5.82 Å². The molecule has 2 aromatic rings. The lowest BCUT2D eigenvalue weighted by molar-refractivity contribution is -0.138. The predicted molar refractivity (Wildman–Crippen MR) is 92.3 cm³/mol. The molecule has 6 nitrogen and oxygen atoms in total. The van der Waals surface area contributed by atoms with E-state index in [9.17, 15) is 9.59 Å². The van der Waals surface area contributed by atoms with E-state index in [4.69, 9.17) is 0 Å². The molecule has 0 unspecified atom stereocenters. The maximum atomic E-state index is 12.4. The van der Waals surface area contributed by atoms with Crippen molar-refractivity contribution in [2.24, 2.45) is 13.0 Å². The van der Waals surface area contributed by atoms with Crippen LogP contribution >= 0.6 is 0 Å². The summed E-state index contributed by atoms with van der Waals surface area (Å²) in [6.45, 7) is 5.60. The summed E-state index contributed by atoms with van der Waals surface area (Å²) in [5.41, 5.74) is 3.07. The molecule has 3 rings (SSSR count). The van der Waals surface area contributed by atoms with Crippen LogP contribution in [0.2, 0.25) is 0 Å². The number of nitrogens with one attached hydrogen (secondary N) is 1. The van der Waals surface area contributed by atoms with Crippen molar-refractivity contribution in [1.82, 2.24) is 19.8 Å². The van der Waals surface area contributed by atoms with Gasteiger partial charge in [0.2, 0.25) is 11.8 Å². The highest BCUT2D eigenvalue weighted by molar-refractivity contribution is 5.84. The molecule has 1 aromatic carbocycles. The van der Waals surface area contributed by atoms with Gasteiger partial charge in [-0.1, -0.05) is 6.07 Å². The first-order chi connectivity index (χ1) is 11.5. The van der Waals surface area contributed by atoms with Gasteiger partial charge in [0, 0.05) is 33.1 Å². The molecule has 1 aromatic heterocycles. The standard InChI is InChI=1S/C18H24N4O2/c1-4-22-11-14(6-8-17(22)23)18(24)19-10-13-5-7-16-15(9-13)20-12(2)21(16)3/h5,7,9,14H,4,6,8,10-11H2,1-3H3,(H,19,24)/t14-/m1/s1. The number of aryl methyl sites for hydroxylation is 2. The summed E-state index contributed by atoms with van der Waals surface area (Å²) in [6.07, 6.45) is 1.10. The second kappa shape index (κ2) is 6.63. The summed E-state index contributed by atoms with van der Waals surface area (Å²) in [5, 5.41) is 3.00. The molecule has 0 spiro atoms. The number of hydrogen-bond donors (Lipinski definition) is 1. The Morgan fingerprint density at radius 2 is 2.21 bits per heavy atom. The van der Waals surface area contributed by atoms with Crippen molar-refractivity contribution >= 4 is 22.8 Å². The number of aromatic nitrogens is 2. The number of rotatable bonds is 4. The number of imidazole rings is 1. The van der Waals surface area contributed by atoms with E-state index in [0.717, 1.165) is 22.4 Å². The Kier molecular flexibility index (Phi) is 4.55. The van der Waals surface area contributed by atoms with Gasteiger partial charge in [-0.2, -0.15) is 0 Å². The second-order valence-electron chi connectivity index (χ2n) is 6.43. The number of likely N-dealkylation sites (tertiary alicyclic amines) is 1. The Bertz CT molecular complexity index is 781. The molecule has 0 bridgehead atoms. The quantitative estimate of drug-likeness (QED) is 0.930. The van der Waals surface area contributed by atoms with Crippen LogP contribution in [0, 0.1) is 12.8 Å². The van der Waals surface area contributed by atoms with Gasteiger partial charge in [-0.3, -0.25) is 9.59 Å². The maximum absolute atomic E-state index is 12.4. The molecular weight excluding hydrogens is 304 g/mol. The Balaban J connectivity index is 1.63. The molecule has 0 aliphatic carbocycles. The third-order valence-corrected chi connectivity index (χ3v) is 4.89. The van der Waals surface area contributed by atoms with Crippen LogP contribution in [0.15, 0.2) is 18.2 Å². The van der Waals surface area contributed by atoms with Gasteiger partial charge in [-0.25, -0.2) is 4.98 Å². The van der Waals surface area contributed by atoms with E-state index in [0.29, 0.717) is 32.5 Å². The molecule has 128 valence electrons. The Hall–Kier alpha value is -2.37. The van der Waals surface area contributed by atoms with E-state index in [1.165, 1.54) is 0 Å². The topological polar surface area (TPSA) is 67.2 Å². The van der Waals surface area contributed by atoms with Crippen LogP contribution in [0.25, 0.3) is 11.0 Å². The zero-order valence-corrected chi connectivity index (χ0v) is 14.5. The minimum atomic E-state index is -0.108. The predicted octanol–water partition coefficient (Wildman–Crippen LogP) is 1.76. The minimum absolute atomic E-state index is 0.0262. The smallest absolute Gasteiger partial charge is 0.225 e. The molecule has 1 saturated heterocycles. The molecule has 24 heavy (non-hydrogen) atoms. The fourth-order valence-electron chi connectivity index (χ4n) is 3.24. The number of hydrogen-bond acceptors (Lipinski definition) is 3. The van der Waals surface area contributed by atoms with E-state index in [2.05, 4.69) is 14.9 Å². The summed E-state index contributed by atoms with van der Waals surface area (Å²) in [6, 6.07) is 6.08. The third kappa shape index (κ3) is 3.13. The molecule has 1 atom stereocenters.